The average Bonchev–Trinajstić information content (AvgIpc) is 2.33. The maximum atomic E-state index is 10.3. The summed E-state index contributed by atoms with van der Waals surface area (Å²) < 4.78 is 0. The average molecular weight is 152 g/mol. The monoisotopic (exact) mass is 152 g/mol. The number of aromatic nitrogens is 2. The maximum absolute atomic E-state index is 10.3. The van der Waals surface area contributed by atoms with E-state index in [9.17, 15) is 4.79 Å². The van der Waals surface area contributed by atoms with Gasteiger partial charge in [-0.05, 0) is 13.3 Å². The van der Waals surface area contributed by atoms with Crippen LogP contribution in [0.5, 0.6) is 0 Å². The van der Waals surface area contributed by atoms with E-state index in [-0.39, 0.29) is 0 Å². The highest BCUT2D eigenvalue weighted by atomic mass is 16.1. The Hall–Kier alpha value is -1.12. The number of rotatable bonds is 3. The van der Waals surface area contributed by atoms with E-state index in [4.69, 9.17) is 0 Å². The van der Waals surface area contributed by atoms with Gasteiger partial charge in [-0.1, -0.05) is 13.3 Å². The number of imidazole rings is 1. The highest BCUT2D eigenvalue weighted by Crippen LogP contribution is 2.05. The highest BCUT2D eigenvalue weighted by molar-refractivity contribution is 5.69. The van der Waals surface area contributed by atoms with Crippen molar-refractivity contribution in [3.05, 3.63) is 17.2 Å². The molecule has 0 amide bonds. The number of nitrogens with zero attached hydrogens (tertiary/aromatic N) is 1. The van der Waals surface area contributed by atoms with E-state index >= 15 is 0 Å². The second kappa shape index (κ2) is 3.32. The van der Waals surface area contributed by atoms with Gasteiger partial charge in [0.1, 0.15) is 0 Å². The molecule has 0 unspecified atom stereocenters. The van der Waals surface area contributed by atoms with Crippen molar-refractivity contribution in [2.45, 2.75) is 26.7 Å². The molecule has 0 aromatic carbocycles. The topological polar surface area (TPSA) is 45.8 Å². The third-order valence-corrected chi connectivity index (χ3v) is 1.60. The van der Waals surface area contributed by atoms with Gasteiger partial charge in [0.15, 0.2) is 12.1 Å². The van der Waals surface area contributed by atoms with E-state index in [2.05, 4.69) is 16.9 Å². The second-order valence-electron chi connectivity index (χ2n) is 2.56. The van der Waals surface area contributed by atoms with Crippen LogP contribution in [0.25, 0.3) is 0 Å². The molecule has 1 rings (SSSR count). The van der Waals surface area contributed by atoms with Crippen LogP contribution >= 0.6 is 0 Å². The number of aryl methyl sites for hydroxylation is 2. The summed E-state index contributed by atoms with van der Waals surface area (Å²) in [4.78, 5) is 17.3. The van der Waals surface area contributed by atoms with Crippen LogP contribution in [0.15, 0.2) is 0 Å². The van der Waals surface area contributed by atoms with Crippen LogP contribution in [0.3, 0.4) is 0 Å². The van der Waals surface area contributed by atoms with Gasteiger partial charge >= 0.3 is 0 Å². The summed E-state index contributed by atoms with van der Waals surface area (Å²) in [6, 6.07) is 0. The zero-order valence-corrected chi connectivity index (χ0v) is 6.85. The van der Waals surface area contributed by atoms with Crippen LogP contribution in [0.1, 0.15) is 35.4 Å². The smallest absolute Gasteiger partial charge is 0.185 e. The fourth-order valence-corrected chi connectivity index (χ4v) is 1.06. The standard InChI is InChI=1S/C8H12N2O/c1-3-4-7-6(2)9-8(5-11)10-7/h5H,3-4H2,1-2H3,(H,9,10). The fraction of sp³-hybridized carbons (Fsp3) is 0.500. The van der Waals surface area contributed by atoms with Crippen LogP contribution in [-0.2, 0) is 6.42 Å². The van der Waals surface area contributed by atoms with Crippen LogP contribution < -0.4 is 0 Å². The molecule has 0 saturated heterocycles. The van der Waals surface area contributed by atoms with Crippen LogP contribution in [0.4, 0.5) is 0 Å². The summed E-state index contributed by atoms with van der Waals surface area (Å²) in [5, 5.41) is 0. The van der Waals surface area contributed by atoms with Gasteiger partial charge in [0.05, 0.1) is 5.69 Å². The lowest BCUT2D eigenvalue weighted by Crippen LogP contribution is -1.86. The molecule has 0 aliphatic rings. The number of hydrogen-bond acceptors (Lipinski definition) is 2. The number of hydrogen-bond donors (Lipinski definition) is 1. The Kier molecular flexibility index (Phi) is 2.41. The molecule has 1 heterocycles. The van der Waals surface area contributed by atoms with Crippen molar-refractivity contribution in [3.8, 4) is 0 Å². The summed E-state index contributed by atoms with van der Waals surface area (Å²) >= 11 is 0. The number of aromatic amines is 1. The lowest BCUT2D eigenvalue weighted by molar-refractivity contribution is 0.111. The Bertz CT molecular complexity index is 253. The van der Waals surface area contributed by atoms with Crippen LogP contribution in [0.2, 0.25) is 0 Å². The van der Waals surface area contributed by atoms with Gasteiger partial charge in [-0.2, -0.15) is 0 Å². The number of aldehydes is 1. The van der Waals surface area contributed by atoms with Gasteiger partial charge in [0, 0.05) is 5.69 Å². The minimum absolute atomic E-state index is 0.436. The van der Waals surface area contributed by atoms with Crippen LogP contribution in [0, 0.1) is 6.92 Å². The predicted octanol–water partition coefficient (Wildman–Crippen LogP) is 1.48. The molecule has 0 spiro atoms. The van der Waals surface area contributed by atoms with Gasteiger partial charge < -0.3 is 4.98 Å². The second-order valence-corrected chi connectivity index (χ2v) is 2.56. The van der Waals surface area contributed by atoms with Gasteiger partial charge in [0.25, 0.3) is 0 Å². The largest absolute Gasteiger partial charge is 0.340 e. The molecule has 3 heteroatoms. The summed E-state index contributed by atoms with van der Waals surface area (Å²) in [7, 11) is 0. The molecule has 1 aromatic heterocycles. The third kappa shape index (κ3) is 1.67. The van der Waals surface area contributed by atoms with E-state index in [1.165, 1.54) is 0 Å². The first-order valence-corrected chi connectivity index (χ1v) is 3.78. The summed E-state index contributed by atoms with van der Waals surface area (Å²) in [6.07, 6.45) is 2.74. The molecule has 0 fully saturated rings. The number of nitrogens with one attached hydrogen (secondary N) is 1. The molecule has 0 aliphatic carbocycles. The minimum Gasteiger partial charge on any atom is -0.340 e. The van der Waals surface area contributed by atoms with Gasteiger partial charge in [-0.15, -0.1) is 0 Å². The fourth-order valence-electron chi connectivity index (χ4n) is 1.06. The molecule has 0 bridgehead atoms. The van der Waals surface area contributed by atoms with Crippen LogP contribution in [-0.4, -0.2) is 16.3 Å². The Balaban J connectivity index is 2.87. The normalized spacial score (nSPS) is 10.0. The van der Waals surface area contributed by atoms with Crippen molar-refractivity contribution >= 4 is 6.29 Å². The quantitative estimate of drug-likeness (QED) is 0.667. The number of carbonyl (C=O) groups is 1. The molecule has 0 atom stereocenters. The van der Waals surface area contributed by atoms with Gasteiger partial charge in [-0.25, -0.2) is 4.98 Å². The Morgan fingerprint density at radius 1 is 1.64 bits per heavy atom. The molecule has 0 aliphatic heterocycles. The lowest BCUT2D eigenvalue weighted by atomic mass is 10.2. The lowest BCUT2D eigenvalue weighted by Gasteiger charge is -1.90. The molecule has 0 radical (unpaired) electrons. The van der Waals surface area contributed by atoms with E-state index in [0.717, 1.165) is 30.5 Å². The molecule has 11 heavy (non-hydrogen) atoms. The molecule has 1 N–H and O–H groups in total. The van der Waals surface area contributed by atoms with Gasteiger partial charge in [-0.3, -0.25) is 4.79 Å². The van der Waals surface area contributed by atoms with Crippen molar-refractivity contribution < 1.29 is 4.79 Å². The van der Waals surface area contributed by atoms with E-state index in [1.54, 1.807) is 0 Å². The number of H-pyrrole nitrogens is 1. The first kappa shape index (κ1) is 7.98. The summed E-state index contributed by atoms with van der Waals surface area (Å²) in [5.41, 5.74) is 2.02. The molecular formula is C8H12N2O. The first-order chi connectivity index (χ1) is 5.27. The van der Waals surface area contributed by atoms with E-state index in [0.29, 0.717) is 5.82 Å². The Morgan fingerprint density at radius 3 is 2.82 bits per heavy atom. The Labute approximate surface area is 65.8 Å². The molecule has 0 saturated carbocycles. The van der Waals surface area contributed by atoms with Crippen molar-refractivity contribution in [1.29, 1.82) is 0 Å². The zero-order valence-electron chi connectivity index (χ0n) is 6.85. The predicted molar refractivity (Wildman–Crippen MR) is 42.7 cm³/mol. The highest BCUT2D eigenvalue weighted by Gasteiger charge is 2.03. The first-order valence-electron chi connectivity index (χ1n) is 3.78. The molecule has 60 valence electrons. The maximum Gasteiger partial charge on any atom is 0.185 e. The summed E-state index contributed by atoms with van der Waals surface area (Å²) in [5.74, 6) is 0.436. The molecular weight excluding hydrogens is 140 g/mol. The van der Waals surface area contributed by atoms with Crippen molar-refractivity contribution in [3.63, 3.8) is 0 Å². The van der Waals surface area contributed by atoms with Crippen molar-refractivity contribution in [2.24, 2.45) is 0 Å². The van der Waals surface area contributed by atoms with Crippen molar-refractivity contribution in [1.82, 2.24) is 9.97 Å². The minimum atomic E-state index is 0.436. The molecule has 3 nitrogen and oxygen atoms in total. The number of carbonyl (C=O) groups excluding carboxylic acids is 1. The summed E-state index contributed by atoms with van der Waals surface area (Å²) in [6.45, 7) is 4.03. The van der Waals surface area contributed by atoms with E-state index < -0.39 is 0 Å². The Morgan fingerprint density at radius 2 is 2.36 bits per heavy atom. The third-order valence-electron chi connectivity index (χ3n) is 1.60. The SMILES string of the molecule is CCCc1nc(C=O)[nH]c1C. The molecule has 1 aromatic rings. The zero-order chi connectivity index (χ0) is 8.27. The van der Waals surface area contributed by atoms with Gasteiger partial charge in [0.2, 0.25) is 0 Å². The van der Waals surface area contributed by atoms with E-state index in [1.807, 2.05) is 6.92 Å². The van der Waals surface area contributed by atoms with Crippen molar-refractivity contribution in [2.75, 3.05) is 0 Å².